The summed E-state index contributed by atoms with van der Waals surface area (Å²) < 4.78 is 11.2. The Morgan fingerprint density at radius 2 is 2.11 bits per heavy atom. The van der Waals surface area contributed by atoms with E-state index in [-0.39, 0.29) is 5.78 Å². The van der Waals surface area contributed by atoms with Gasteiger partial charge in [0, 0.05) is 5.56 Å². The van der Waals surface area contributed by atoms with Crippen LogP contribution in [0.25, 0.3) is 6.08 Å². The molecular weight excluding hydrogens is 244 g/mol. The highest BCUT2D eigenvalue weighted by atomic mass is 16.5. The molecule has 0 spiro atoms. The highest BCUT2D eigenvalue weighted by molar-refractivity contribution is 6.06. The van der Waals surface area contributed by atoms with Crippen LogP contribution in [0.2, 0.25) is 0 Å². The molecule has 0 fully saturated rings. The Morgan fingerprint density at radius 1 is 1.37 bits per heavy atom. The van der Waals surface area contributed by atoms with Gasteiger partial charge in [0.05, 0.1) is 11.3 Å². The van der Waals surface area contributed by atoms with Crippen LogP contribution in [0, 0.1) is 0 Å². The molecule has 1 aromatic carbocycles. The maximum absolute atomic E-state index is 12.3. The Hall–Kier alpha value is -1.81. The summed E-state index contributed by atoms with van der Waals surface area (Å²) in [5.41, 5.74) is 1.21. The molecule has 0 aromatic heterocycles. The molecule has 100 valence electrons. The number of allylic oxidation sites excluding steroid dienone is 1. The summed E-state index contributed by atoms with van der Waals surface area (Å²) in [6, 6.07) is 3.66. The van der Waals surface area contributed by atoms with Crippen LogP contribution < -0.4 is 4.74 Å². The van der Waals surface area contributed by atoms with Crippen LogP contribution in [0.3, 0.4) is 0 Å². The smallest absolute Gasteiger partial charge is 0.210 e. The third-order valence-electron chi connectivity index (χ3n) is 3.48. The molecule has 0 aliphatic carbocycles. The summed E-state index contributed by atoms with van der Waals surface area (Å²) in [6.07, 6.45) is 1.07. The number of aliphatic hydroxyl groups is 1. The van der Waals surface area contributed by atoms with Gasteiger partial charge in [0.25, 0.3) is 0 Å². The Balaban J connectivity index is 2.10. The van der Waals surface area contributed by atoms with Crippen molar-refractivity contribution in [2.45, 2.75) is 39.1 Å². The van der Waals surface area contributed by atoms with Gasteiger partial charge in [-0.15, -0.1) is 0 Å². The summed E-state index contributed by atoms with van der Waals surface area (Å²) in [4.78, 5) is 12.3. The number of carbonyl (C=O) groups excluding carboxylic acids is 1. The van der Waals surface area contributed by atoms with E-state index < -0.39 is 11.7 Å². The van der Waals surface area contributed by atoms with E-state index in [2.05, 4.69) is 0 Å². The Kier molecular flexibility index (Phi) is 2.47. The fourth-order valence-corrected chi connectivity index (χ4v) is 2.48. The molecule has 0 unspecified atom stereocenters. The fourth-order valence-electron chi connectivity index (χ4n) is 2.48. The summed E-state index contributed by atoms with van der Waals surface area (Å²) in [5.74, 6) is 1.23. The standard InChI is InChI=1S/C15H16O4/c1-8-6-9-4-5-10-12(16)14(15(2,3)17)19-13(10)11(9)7-18-8/h4-6,14,17H,7H2,1-3H3/t14-/m1/s1. The van der Waals surface area contributed by atoms with Gasteiger partial charge >= 0.3 is 0 Å². The molecule has 4 heteroatoms. The first-order valence-corrected chi connectivity index (χ1v) is 6.28. The second-order valence-corrected chi connectivity index (χ2v) is 5.57. The van der Waals surface area contributed by atoms with E-state index >= 15 is 0 Å². The molecule has 1 aromatic rings. The van der Waals surface area contributed by atoms with Crippen molar-refractivity contribution in [1.82, 2.24) is 0 Å². The number of ether oxygens (including phenoxy) is 2. The molecule has 2 heterocycles. The van der Waals surface area contributed by atoms with Crippen LogP contribution in [0.5, 0.6) is 5.75 Å². The lowest BCUT2D eigenvalue weighted by Crippen LogP contribution is -2.43. The van der Waals surface area contributed by atoms with Crippen LogP contribution in [0.4, 0.5) is 0 Å². The number of rotatable bonds is 1. The predicted molar refractivity (Wildman–Crippen MR) is 69.9 cm³/mol. The summed E-state index contributed by atoms with van der Waals surface area (Å²) in [7, 11) is 0. The number of carbonyl (C=O) groups is 1. The first-order chi connectivity index (χ1) is 8.88. The molecule has 1 N–H and O–H groups in total. The number of fused-ring (bicyclic) bond motifs is 3. The van der Waals surface area contributed by atoms with Gasteiger partial charge in [-0.05, 0) is 38.5 Å². The number of hydrogen-bond acceptors (Lipinski definition) is 4. The minimum Gasteiger partial charge on any atom is -0.493 e. The van der Waals surface area contributed by atoms with Crippen LogP contribution in [0.15, 0.2) is 17.9 Å². The zero-order valence-corrected chi connectivity index (χ0v) is 11.2. The maximum atomic E-state index is 12.3. The van der Waals surface area contributed by atoms with Crippen LogP contribution in [-0.4, -0.2) is 22.6 Å². The predicted octanol–water partition coefficient (Wildman–Crippen LogP) is 2.29. The Morgan fingerprint density at radius 3 is 2.79 bits per heavy atom. The van der Waals surface area contributed by atoms with Gasteiger partial charge in [-0.25, -0.2) is 0 Å². The first-order valence-electron chi connectivity index (χ1n) is 6.28. The SMILES string of the molecule is CC1=Cc2ccc3c(c2CO1)O[C@@H](C(C)(C)O)C3=O. The molecule has 2 aliphatic rings. The van der Waals surface area contributed by atoms with Gasteiger partial charge in [-0.1, -0.05) is 6.07 Å². The van der Waals surface area contributed by atoms with Gasteiger partial charge < -0.3 is 14.6 Å². The summed E-state index contributed by atoms with van der Waals surface area (Å²) >= 11 is 0. The van der Waals surface area contributed by atoms with Crippen molar-refractivity contribution in [3.8, 4) is 5.75 Å². The zero-order chi connectivity index (χ0) is 13.8. The van der Waals surface area contributed by atoms with E-state index in [4.69, 9.17) is 9.47 Å². The summed E-state index contributed by atoms with van der Waals surface area (Å²) in [5, 5.41) is 10.0. The van der Waals surface area contributed by atoms with E-state index in [1.807, 2.05) is 19.1 Å². The molecule has 0 saturated carbocycles. The van der Waals surface area contributed by atoms with Gasteiger partial charge in [-0.3, -0.25) is 4.79 Å². The number of hydrogen-bond donors (Lipinski definition) is 1. The fraction of sp³-hybridized carbons (Fsp3) is 0.400. The van der Waals surface area contributed by atoms with Gasteiger partial charge in [0.2, 0.25) is 5.78 Å². The van der Waals surface area contributed by atoms with Crippen molar-refractivity contribution in [3.05, 3.63) is 34.6 Å². The van der Waals surface area contributed by atoms with E-state index in [0.717, 1.165) is 16.9 Å². The van der Waals surface area contributed by atoms with E-state index in [0.29, 0.717) is 17.9 Å². The van der Waals surface area contributed by atoms with E-state index in [1.165, 1.54) is 0 Å². The molecular formula is C15H16O4. The van der Waals surface area contributed by atoms with Crippen LogP contribution >= 0.6 is 0 Å². The molecule has 1 atom stereocenters. The average molecular weight is 260 g/mol. The Bertz CT molecular complexity index is 593. The minimum absolute atomic E-state index is 0.170. The van der Waals surface area contributed by atoms with Crippen molar-refractivity contribution in [2.75, 3.05) is 0 Å². The quantitative estimate of drug-likeness (QED) is 0.841. The van der Waals surface area contributed by atoms with Crippen LogP contribution in [0.1, 0.15) is 42.3 Å². The lowest BCUT2D eigenvalue weighted by Gasteiger charge is -2.24. The highest BCUT2D eigenvalue weighted by Gasteiger charge is 2.43. The van der Waals surface area contributed by atoms with E-state index in [9.17, 15) is 9.90 Å². The molecule has 4 nitrogen and oxygen atoms in total. The van der Waals surface area contributed by atoms with E-state index in [1.54, 1.807) is 19.9 Å². The second-order valence-electron chi connectivity index (χ2n) is 5.57. The first kappa shape index (κ1) is 12.2. The molecule has 0 saturated heterocycles. The number of benzene rings is 1. The molecule has 0 radical (unpaired) electrons. The van der Waals surface area contributed by atoms with Crippen molar-refractivity contribution in [3.63, 3.8) is 0 Å². The topological polar surface area (TPSA) is 55.8 Å². The van der Waals surface area contributed by atoms with Crippen molar-refractivity contribution < 1.29 is 19.4 Å². The molecule has 0 amide bonds. The maximum Gasteiger partial charge on any atom is 0.210 e. The third kappa shape index (κ3) is 1.83. The minimum atomic E-state index is -1.20. The van der Waals surface area contributed by atoms with Crippen LogP contribution in [-0.2, 0) is 11.3 Å². The third-order valence-corrected chi connectivity index (χ3v) is 3.48. The molecule has 3 rings (SSSR count). The Labute approximate surface area is 111 Å². The zero-order valence-electron chi connectivity index (χ0n) is 11.2. The monoisotopic (exact) mass is 260 g/mol. The van der Waals surface area contributed by atoms with Crippen molar-refractivity contribution in [1.29, 1.82) is 0 Å². The molecule has 0 bridgehead atoms. The number of ketones is 1. The lowest BCUT2D eigenvalue weighted by atomic mass is 9.94. The highest BCUT2D eigenvalue weighted by Crippen LogP contribution is 2.40. The second kappa shape index (κ2) is 3.84. The van der Waals surface area contributed by atoms with Gasteiger partial charge in [-0.2, -0.15) is 0 Å². The largest absolute Gasteiger partial charge is 0.493 e. The summed E-state index contributed by atoms with van der Waals surface area (Å²) in [6.45, 7) is 5.44. The average Bonchev–Trinajstić information content (AvgIpc) is 2.66. The van der Waals surface area contributed by atoms with Gasteiger partial charge in [0.1, 0.15) is 18.0 Å². The van der Waals surface area contributed by atoms with Crippen molar-refractivity contribution in [2.24, 2.45) is 0 Å². The van der Waals surface area contributed by atoms with Crippen molar-refractivity contribution >= 4 is 11.9 Å². The number of Topliss-reactive ketones (excluding diaryl/α,β-unsaturated/α-hetero) is 1. The molecule has 2 aliphatic heterocycles. The van der Waals surface area contributed by atoms with Gasteiger partial charge in [0.15, 0.2) is 6.10 Å². The molecule has 19 heavy (non-hydrogen) atoms. The lowest BCUT2D eigenvalue weighted by molar-refractivity contribution is -0.0145. The normalized spacial score (nSPS) is 21.2.